The molecule has 5 atom stereocenters. The molecule has 0 heterocycles. The highest BCUT2D eigenvalue weighted by Crippen LogP contribution is 2.39. The van der Waals surface area contributed by atoms with Crippen LogP contribution in [0.25, 0.3) is 0 Å². The highest BCUT2D eigenvalue weighted by atomic mass is 14.4. The van der Waals surface area contributed by atoms with Crippen LogP contribution in [0.15, 0.2) is 0 Å². The van der Waals surface area contributed by atoms with Crippen molar-refractivity contribution in [3.8, 4) is 0 Å². The van der Waals surface area contributed by atoms with Crippen molar-refractivity contribution in [1.82, 2.24) is 0 Å². The molecule has 0 aliphatic rings. The summed E-state index contributed by atoms with van der Waals surface area (Å²) in [6.45, 7) is 19.3. The van der Waals surface area contributed by atoms with Gasteiger partial charge in [-0.2, -0.15) is 0 Å². The lowest BCUT2D eigenvalue weighted by atomic mass is 9.68. The molecule has 0 aromatic carbocycles. The number of rotatable bonds is 10. The van der Waals surface area contributed by atoms with Gasteiger partial charge in [-0.1, -0.05) is 81.1 Å². The Bertz CT molecular complexity index is 206. The number of hydrogen-bond donors (Lipinski definition) is 0. The lowest BCUT2D eigenvalue weighted by Gasteiger charge is -2.38. The van der Waals surface area contributed by atoms with E-state index in [1.54, 1.807) is 0 Å². The standard InChI is InChI=1S/C19H40/c1-9-12-19(15(6)10-2)18(11-3)17(8)16(7)13-14(4)5/h14-19H,9-13H2,1-8H3. The minimum Gasteiger partial charge on any atom is -0.0654 e. The molecule has 0 spiro atoms. The van der Waals surface area contributed by atoms with Crippen molar-refractivity contribution < 1.29 is 0 Å². The summed E-state index contributed by atoms with van der Waals surface area (Å²) in [6.07, 6.45) is 6.85. The van der Waals surface area contributed by atoms with E-state index in [0.29, 0.717) is 0 Å². The third-order valence-corrected chi connectivity index (χ3v) is 5.43. The average molecular weight is 269 g/mol. The summed E-state index contributed by atoms with van der Waals surface area (Å²) in [5, 5.41) is 0. The smallest absolute Gasteiger partial charge is 0.0358 e. The maximum Gasteiger partial charge on any atom is -0.0358 e. The molecule has 0 saturated carbocycles. The van der Waals surface area contributed by atoms with Gasteiger partial charge < -0.3 is 0 Å². The zero-order chi connectivity index (χ0) is 15.0. The Morgan fingerprint density at radius 1 is 0.684 bits per heavy atom. The maximum absolute atomic E-state index is 2.52. The van der Waals surface area contributed by atoms with Gasteiger partial charge in [0, 0.05) is 0 Å². The van der Waals surface area contributed by atoms with Gasteiger partial charge in [0.05, 0.1) is 0 Å². The zero-order valence-corrected chi connectivity index (χ0v) is 15.0. The monoisotopic (exact) mass is 268 g/mol. The Morgan fingerprint density at radius 2 is 1.26 bits per heavy atom. The summed E-state index contributed by atoms with van der Waals surface area (Å²) >= 11 is 0. The van der Waals surface area contributed by atoms with E-state index >= 15 is 0 Å². The Balaban J connectivity index is 4.81. The van der Waals surface area contributed by atoms with Gasteiger partial charge in [0.1, 0.15) is 0 Å². The van der Waals surface area contributed by atoms with Gasteiger partial charge in [0.2, 0.25) is 0 Å². The first kappa shape index (κ1) is 19.0. The molecule has 0 rings (SSSR count). The van der Waals surface area contributed by atoms with E-state index in [1.165, 1.54) is 32.1 Å². The van der Waals surface area contributed by atoms with E-state index in [0.717, 1.165) is 35.5 Å². The highest BCUT2D eigenvalue weighted by molar-refractivity contribution is 4.80. The van der Waals surface area contributed by atoms with E-state index in [1.807, 2.05) is 0 Å². The molecule has 5 unspecified atom stereocenters. The molecule has 0 radical (unpaired) electrons. The van der Waals surface area contributed by atoms with E-state index < -0.39 is 0 Å². The summed E-state index contributed by atoms with van der Waals surface area (Å²) in [6, 6.07) is 0. The first-order valence-electron chi connectivity index (χ1n) is 8.88. The maximum atomic E-state index is 2.52. The fraction of sp³-hybridized carbons (Fsp3) is 1.00. The van der Waals surface area contributed by atoms with Crippen LogP contribution in [0.1, 0.15) is 87.5 Å². The predicted molar refractivity (Wildman–Crippen MR) is 89.4 cm³/mol. The van der Waals surface area contributed by atoms with Crippen LogP contribution in [0, 0.1) is 35.5 Å². The lowest BCUT2D eigenvalue weighted by molar-refractivity contribution is 0.115. The molecule has 0 fully saturated rings. The van der Waals surface area contributed by atoms with Crippen LogP contribution < -0.4 is 0 Å². The molecule has 0 saturated heterocycles. The molecule has 0 bridgehead atoms. The second-order valence-corrected chi connectivity index (χ2v) is 7.38. The van der Waals surface area contributed by atoms with Gasteiger partial charge in [0.25, 0.3) is 0 Å². The summed E-state index contributed by atoms with van der Waals surface area (Å²) in [4.78, 5) is 0. The first-order valence-corrected chi connectivity index (χ1v) is 8.88. The molecule has 0 aromatic heterocycles. The van der Waals surface area contributed by atoms with Crippen LogP contribution in [0.5, 0.6) is 0 Å². The van der Waals surface area contributed by atoms with Gasteiger partial charge in [-0.25, -0.2) is 0 Å². The molecule has 0 aromatic rings. The van der Waals surface area contributed by atoms with Gasteiger partial charge in [0.15, 0.2) is 0 Å². The summed E-state index contributed by atoms with van der Waals surface area (Å²) in [7, 11) is 0. The van der Waals surface area contributed by atoms with Gasteiger partial charge >= 0.3 is 0 Å². The van der Waals surface area contributed by atoms with Crippen molar-refractivity contribution in [2.75, 3.05) is 0 Å². The fourth-order valence-corrected chi connectivity index (χ4v) is 4.00. The van der Waals surface area contributed by atoms with Crippen molar-refractivity contribution in [2.45, 2.75) is 87.5 Å². The minimum absolute atomic E-state index is 0.836. The van der Waals surface area contributed by atoms with Crippen LogP contribution in [0.4, 0.5) is 0 Å². The van der Waals surface area contributed by atoms with Crippen molar-refractivity contribution in [2.24, 2.45) is 35.5 Å². The highest BCUT2D eigenvalue weighted by Gasteiger charge is 2.30. The molecule has 0 amide bonds. The third kappa shape index (κ3) is 6.32. The summed E-state index contributed by atoms with van der Waals surface area (Å²) in [5.74, 6) is 5.32. The molecular formula is C19H40. The fourth-order valence-electron chi connectivity index (χ4n) is 4.00. The lowest BCUT2D eigenvalue weighted by Crippen LogP contribution is -2.30. The normalized spacial score (nSPS) is 20.1. The van der Waals surface area contributed by atoms with Gasteiger partial charge in [-0.3, -0.25) is 0 Å². The third-order valence-electron chi connectivity index (χ3n) is 5.43. The second kappa shape index (κ2) is 9.83. The SMILES string of the molecule is CCCC(C(C)CC)C(CC)C(C)C(C)CC(C)C. The van der Waals surface area contributed by atoms with E-state index in [2.05, 4.69) is 55.4 Å². The predicted octanol–water partition coefficient (Wildman–Crippen LogP) is 6.79. The van der Waals surface area contributed by atoms with Crippen molar-refractivity contribution in [3.05, 3.63) is 0 Å². The Morgan fingerprint density at radius 3 is 1.63 bits per heavy atom. The summed E-state index contributed by atoms with van der Waals surface area (Å²) < 4.78 is 0. The second-order valence-electron chi connectivity index (χ2n) is 7.38. The molecule has 0 N–H and O–H groups in total. The minimum atomic E-state index is 0.836. The Labute approximate surface area is 123 Å². The molecule has 19 heavy (non-hydrogen) atoms. The van der Waals surface area contributed by atoms with Crippen LogP contribution in [0.3, 0.4) is 0 Å². The van der Waals surface area contributed by atoms with Crippen LogP contribution in [-0.2, 0) is 0 Å². The van der Waals surface area contributed by atoms with E-state index in [-0.39, 0.29) is 0 Å². The van der Waals surface area contributed by atoms with Crippen LogP contribution >= 0.6 is 0 Å². The van der Waals surface area contributed by atoms with E-state index in [9.17, 15) is 0 Å². The van der Waals surface area contributed by atoms with Gasteiger partial charge in [-0.15, -0.1) is 0 Å². The summed E-state index contributed by atoms with van der Waals surface area (Å²) in [5.41, 5.74) is 0. The number of hydrogen-bond acceptors (Lipinski definition) is 0. The van der Waals surface area contributed by atoms with Crippen LogP contribution in [-0.4, -0.2) is 0 Å². The average Bonchev–Trinajstić information content (AvgIpc) is 2.36. The molecule has 0 aliphatic heterocycles. The van der Waals surface area contributed by atoms with Crippen molar-refractivity contribution in [3.63, 3.8) is 0 Å². The molecule has 0 heteroatoms. The topological polar surface area (TPSA) is 0 Å². The van der Waals surface area contributed by atoms with Crippen LogP contribution in [0.2, 0.25) is 0 Å². The molecule has 0 nitrogen and oxygen atoms in total. The van der Waals surface area contributed by atoms with Gasteiger partial charge in [-0.05, 0) is 41.9 Å². The zero-order valence-electron chi connectivity index (χ0n) is 15.0. The Kier molecular flexibility index (Phi) is 9.83. The Hall–Kier alpha value is 0. The van der Waals surface area contributed by atoms with Crippen molar-refractivity contribution in [1.29, 1.82) is 0 Å². The van der Waals surface area contributed by atoms with Crippen molar-refractivity contribution >= 4 is 0 Å². The largest absolute Gasteiger partial charge is 0.0654 e. The molecule has 0 aliphatic carbocycles. The quantitative estimate of drug-likeness (QED) is 0.409. The van der Waals surface area contributed by atoms with E-state index in [4.69, 9.17) is 0 Å². The molecular weight excluding hydrogens is 228 g/mol. The molecule has 116 valence electrons. The first-order chi connectivity index (χ1) is 8.88.